The van der Waals surface area contributed by atoms with Gasteiger partial charge < -0.3 is 0 Å². The van der Waals surface area contributed by atoms with E-state index in [1.165, 1.54) is 17.3 Å². The number of carbonyl (C=O) groups is 1. The zero-order valence-corrected chi connectivity index (χ0v) is 13.1. The lowest BCUT2D eigenvalue weighted by Gasteiger charge is -2.53. The molecule has 0 atom stereocenters. The van der Waals surface area contributed by atoms with Crippen molar-refractivity contribution in [2.75, 3.05) is 13.1 Å². The van der Waals surface area contributed by atoms with E-state index in [0.717, 1.165) is 13.0 Å². The number of Topliss-reactive ketones (excluding diaryl/α,β-unsaturated/α-hetero) is 1. The predicted octanol–water partition coefficient (Wildman–Crippen LogP) is 1.86. The molecule has 0 N–H and O–H groups in total. The highest BCUT2D eigenvalue weighted by atomic mass is 32.2. The Morgan fingerprint density at radius 2 is 1.86 bits per heavy atom. The van der Waals surface area contributed by atoms with E-state index >= 15 is 0 Å². The Morgan fingerprint density at radius 1 is 1.27 bits per heavy atom. The van der Waals surface area contributed by atoms with Gasteiger partial charge in [0.05, 0.1) is 5.69 Å². The highest BCUT2D eigenvalue weighted by Gasteiger charge is 2.55. The average molecular weight is 330 g/mol. The van der Waals surface area contributed by atoms with Crippen LogP contribution in [0, 0.1) is 12.3 Å². The molecule has 8 heteroatoms. The quantitative estimate of drug-likeness (QED) is 0.848. The van der Waals surface area contributed by atoms with Gasteiger partial charge in [-0.05, 0) is 19.1 Å². The van der Waals surface area contributed by atoms with Crippen LogP contribution in [0.1, 0.15) is 31.2 Å². The fourth-order valence-corrected chi connectivity index (χ4v) is 4.91. The second-order valence-corrected chi connectivity index (χ2v) is 8.24. The van der Waals surface area contributed by atoms with Gasteiger partial charge in [-0.25, -0.2) is 8.42 Å². The number of hydrogen-bond donors (Lipinski definition) is 0. The Labute approximate surface area is 127 Å². The SMILES string of the molecule is Cc1nc(C(C)(F)F)ccc1S(=O)(=O)N1CC2(CC(=O)C2)C1. The lowest BCUT2D eigenvalue weighted by Crippen LogP contribution is -2.63. The van der Waals surface area contributed by atoms with Crippen LogP contribution in [-0.2, 0) is 20.7 Å². The van der Waals surface area contributed by atoms with Crippen molar-refractivity contribution in [1.29, 1.82) is 0 Å². The van der Waals surface area contributed by atoms with Gasteiger partial charge in [-0.3, -0.25) is 9.78 Å². The van der Waals surface area contributed by atoms with Crippen molar-refractivity contribution >= 4 is 15.8 Å². The first kappa shape index (κ1) is 15.5. The van der Waals surface area contributed by atoms with E-state index in [4.69, 9.17) is 0 Å². The van der Waals surface area contributed by atoms with E-state index < -0.39 is 21.6 Å². The number of halogens is 2. The summed E-state index contributed by atoms with van der Waals surface area (Å²) in [7, 11) is -3.75. The second-order valence-electron chi connectivity index (χ2n) is 6.33. The van der Waals surface area contributed by atoms with Crippen LogP contribution in [0.2, 0.25) is 0 Å². The average Bonchev–Trinajstić information content (AvgIpc) is 2.30. The van der Waals surface area contributed by atoms with Crippen LogP contribution in [0.25, 0.3) is 0 Å². The maximum atomic E-state index is 13.2. The summed E-state index contributed by atoms with van der Waals surface area (Å²) >= 11 is 0. The van der Waals surface area contributed by atoms with Gasteiger partial charge >= 0.3 is 0 Å². The number of carbonyl (C=O) groups excluding carboxylic acids is 1. The highest BCUT2D eigenvalue weighted by Crippen LogP contribution is 2.47. The molecule has 0 amide bonds. The molecule has 0 bridgehead atoms. The van der Waals surface area contributed by atoms with E-state index in [1.54, 1.807) is 0 Å². The molecule has 2 fully saturated rings. The molecule has 3 rings (SSSR count). The van der Waals surface area contributed by atoms with Gasteiger partial charge in [-0.1, -0.05) is 0 Å². The van der Waals surface area contributed by atoms with Crippen LogP contribution < -0.4 is 0 Å². The number of alkyl halides is 2. The first-order chi connectivity index (χ1) is 10.0. The molecule has 0 aromatic carbocycles. The summed E-state index contributed by atoms with van der Waals surface area (Å²) in [6, 6.07) is 2.23. The number of rotatable bonds is 3. The third-order valence-electron chi connectivity index (χ3n) is 4.27. The molecule has 2 heterocycles. The molecule has 1 aromatic heterocycles. The lowest BCUT2D eigenvalue weighted by atomic mass is 9.64. The largest absolute Gasteiger partial charge is 0.300 e. The fourth-order valence-electron chi connectivity index (χ4n) is 3.08. The number of pyridine rings is 1. The maximum Gasteiger partial charge on any atom is 0.286 e. The summed E-state index contributed by atoms with van der Waals surface area (Å²) in [4.78, 5) is 14.7. The monoisotopic (exact) mass is 330 g/mol. The van der Waals surface area contributed by atoms with Crippen molar-refractivity contribution in [3.63, 3.8) is 0 Å². The van der Waals surface area contributed by atoms with E-state index in [2.05, 4.69) is 4.98 Å². The molecule has 120 valence electrons. The Morgan fingerprint density at radius 3 is 2.32 bits per heavy atom. The third-order valence-corrected chi connectivity index (χ3v) is 6.20. The predicted molar refractivity (Wildman–Crippen MR) is 74.0 cm³/mol. The summed E-state index contributed by atoms with van der Waals surface area (Å²) in [6.07, 6.45) is 0.856. The van der Waals surface area contributed by atoms with Crippen LogP contribution in [0.5, 0.6) is 0 Å². The zero-order valence-electron chi connectivity index (χ0n) is 12.3. The Balaban J connectivity index is 1.83. The normalized spacial score (nSPS) is 21.5. The first-order valence-corrected chi connectivity index (χ1v) is 8.35. The van der Waals surface area contributed by atoms with Crippen LogP contribution in [-0.4, -0.2) is 36.6 Å². The molecule has 1 saturated carbocycles. The summed E-state index contributed by atoms with van der Waals surface area (Å²) in [5.74, 6) is -2.95. The minimum atomic E-state index is -3.75. The molecule has 1 aliphatic carbocycles. The van der Waals surface area contributed by atoms with Crippen LogP contribution in [0.15, 0.2) is 17.0 Å². The minimum Gasteiger partial charge on any atom is -0.300 e. The van der Waals surface area contributed by atoms with Gasteiger partial charge in [-0.2, -0.15) is 13.1 Å². The van der Waals surface area contributed by atoms with Crippen molar-refractivity contribution in [2.24, 2.45) is 5.41 Å². The number of hydrogen-bond acceptors (Lipinski definition) is 4. The minimum absolute atomic E-state index is 0.0546. The molecule has 0 unspecified atom stereocenters. The topological polar surface area (TPSA) is 67.3 Å². The van der Waals surface area contributed by atoms with Gasteiger partial charge in [0.25, 0.3) is 5.92 Å². The lowest BCUT2D eigenvalue weighted by molar-refractivity contribution is -0.140. The molecular formula is C14H16F2N2O3S. The molecule has 0 radical (unpaired) electrons. The number of ketones is 1. The molecule has 1 spiro atoms. The van der Waals surface area contributed by atoms with Crippen molar-refractivity contribution in [3.05, 3.63) is 23.5 Å². The third kappa shape index (κ3) is 2.34. The van der Waals surface area contributed by atoms with Crippen molar-refractivity contribution in [1.82, 2.24) is 9.29 Å². The molecule has 2 aliphatic rings. The highest BCUT2D eigenvalue weighted by molar-refractivity contribution is 7.89. The van der Waals surface area contributed by atoms with E-state index in [0.29, 0.717) is 25.9 Å². The smallest absolute Gasteiger partial charge is 0.286 e. The van der Waals surface area contributed by atoms with Crippen molar-refractivity contribution in [3.8, 4) is 0 Å². The van der Waals surface area contributed by atoms with E-state index in [9.17, 15) is 22.0 Å². The zero-order chi connectivity index (χ0) is 16.3. The van der Waals surface area contributed by atoms with Gasteiger partial charge in [0.15, 0.2) is 0 Å². The Bertz CT molecular complexity index is 740. The first-order valence-electron chi connectivity index (χ1n) is 6.91. The molecule has 5 nitrogen and oxygen atoms in total. The number of aromatic nitrogens is 1. The fraction of sp³-hybridized carbons (Fsp3) is 0.571. The van der Waals surface area contributed by atoms with Gasteiger partial charge in [-0.15, -0.1) is 0 Å². The summed E-state index contributed by atoms with van der Waals surface area (Å²) in [6.45, 7) is 2.75. The maximum absolute atomic E-state index is 13.2. The van der Waals surface area contributed by atoms with Crippen LogP contribution >= 0.6 is 0 Å². The molecule has 1 aromatic rings. The second kappa shape index (κ2) is 4.55. The molecule has 1 aliphatic heterocycles. The molecular weight excluding hydrogens is 314 g/mol. The molecule has 1 saturated heterocycles. The Hall–Kier alpha value is -1.41. The summed E-state index contributed by atoms with van der Waals surface area (Å²) in [5.41, 5.74) is -0.583. The number of nitrogens with zero attached hydrogens (tertiary/aromatic N) is 2. The van der Waals surface area contributed by atoms with Crippen molar-refractivity contribution < 1.29 is 22.0 Å². The Kier molecular flexibility index (Phi) is 3.20. The summed E-state index contributed by atoms with van der Waals surface area (Å²) in [5, 5.41) is 0. The van der Waals surface area contributed by atoms with E-state index in [1.807, 2.05) is 0 Å². The standard InChI is InChI=1S/C14H16F2N2O3S/c1-9-11(3-4-12(17-9)13(2,15)16)22(20,21)18-7-14(8-18)5-10(19)6-14/h3-4H,5-8H2,1-2H3. The van der Waals surface area contributed by atoms with E-state index in [-0.39, 0.29) is 21.8 Å². The van der Waals surface area contributed by atoms with Crippen molar-refractivity contribution in [2.45, 2.75) is 37.5 Å². The summed E-state index contributed by atoms with van der Waals surface area (Å²) < 4.78 is 52.8. The van der Waals surface area contributed by atoms with Crippen LogP contribution in [0.3, 0.4) is 0 Å². The van der Waals surface area contributed by atoms with Gasteiger partial charge in [0.1, 0.15) is 16.4 Å². The number of sulfonamides is 1. The van der Waals surface area contributed by atoms with Gasteiger partial charge in [0, 0.05) is 38.3 Å². The number of aryl methyl sites for hydroxylation is 1. The van der Waals surface area contributed by atoms with Crippen LogP contribution in [0.4, 0.5) is 8.78 Å². The van der Waals surface area contributed by atoms with Gasteiger partial charge in [0.2, 0.25) is 10.0 Å². The molecule has 22 heavy (non-hydrogen) atoms.